The second-order valence-corrected chi connectivity index (χ2v) is 1.96. The fourth-order valence-corrected chi connectivity index (χ4v) is 0.543. The molecule has 0 fully saturated rings. The third-order valence-electron chi connectivity index (χ3n) is 1.30. The Labute approximate surface area is 80.8 Å². The van der Waals surface area contributed by atoms with E-state index in [9.17, 15) is 0 Å². The molecule has 1 rings (SSSR count). The van der Waals surface area contributed by atoms with Gasteiger partial charge in [-0.3, -0.25) is 4.98 Å². The van der Waals surface area contributed by atoms with Gasteiger partial charge in [0, 0.05) is 45.1 Å². The van der Waals surface area contributed by atoms with Crippen LogP contribution in [0.1, 0.15) is 11.1 Å². The monoisotopic (exact) mass is 196 g/mol. The molecule has 0 amide bonds. The van der Waals surface area contributed by atoms with Gasteiger partial charge in [0.2, 0.25) is 0 Å². The molecule has 0 spiro atoms. The van der Waals surface area contributed by atoms with Crippen LogP contribution >= 0.6 is 0 Å². The van der Waals surface area contributed by atoms with Crippen LogP contribution in [-0.2, 0) is 32.7 Å². The molecule has 1 heterocycles. The van der Waals surface area contributed by atoms with Gasteiger partial charge in [0.15, 0.2) is 0 Å². The van der Waals surface area contributed by atoms with E-state index < -0.39 is 0 Å². The molecular formula is C7H9NY. The van der Waals surface area contributed by atoms with Crippen LogP contribution in [0.3, 0.4) is 0 Å². The van der Waals surface area contributed by atoms with E-state index in [2.05, 4.69) is 18.8 Å². The number of aryl methyl sites for hydroxylation is 2. The molecule has 0 saturated carbocycles. The Morgan fingerprint density at radius 1 is 1.22 bits per heavy atom. The number of pyridine rings is 1. The molecule has 45 valence electrons. The van der Waals surface area contributed by atoms with Gasteiger partial charge in [-0.25, -0.2) is 0 Å². The molecule has 0 aliphatic rings. The molecule has 9 heavy (non-hydrogen) atoms. The van der Waals surface area contributed by atoms with Crippen LogP contribution in [0.25, 0.3) is 0 Å². The maximum absolute atomic E-state index is 3.95. The van der Waals surface area contributed by atoms with E-state index in [-0.39, 0.29) is 32.7 Å². The predicted octanol–water partition coefficient (Wildman–Crippen LogP) is 1.70. The number of hydrogen-bond acceptors (Lipinski definition) is 1. The SMILES string of the molecule is Cc1ccncc1C.[Y]. The Balaban J connectivity index is 0.000000640. The van der Waals surface area contributed by atoms with Crippen molar-refractivity contribution in [1.29, 1.82) is 0 Å². The molecule has 0 aliphatic carbocycles. The summed E-state index contributed by atoms with van der Waals surface area (Å²) in [4.78, 5) is 3.95. The van der Waals surface area contributed by atoms with Crippen molar-refractivity contribution in [2.24, 2.45) is 0 Å². The maximum Gasteiger partial charge on any atom is 0.0299 e. The summed E-state index contributed by atoms with van der Waals surface area (Å²) in [5, 5.41) is 0. The second kappa shape index (κ2) is 4.13. The fourth-order valence-electron chi connectivity index (χ4n) is 0.543. The molecule has 0 aromatic carbocycles. The zero-order valence-corrected chi connectivity index (χ0v) is 8.59. The minimum Gasteiger partial charge on any atom is -0.264 e. The minimum atomic E-state index is 0. The van der Waals surface area contributed by atoms with Crippen molar-refractivity contribution in [3.63, 3.8) is 0 Å². The molecule has 1 radical (unpaired) electrons. The van der Waals surface area contributed by atoms with Gasteiger partial charge in [0.05, 0.1) is 0 Å². The standard InChI is InChI=1S/C7H9N.Y/c1-6-3-4-8-5-7(6)2;/h3-5H,1-2H3;. The van der Waals surface area contributed by atoms with Crippen LogP contribution in [0.4, 0.5) is 0 Å². The van der Waals surface area contributed by atoms with Crippen molar-refractivity contribution in [2.75, 3.05) is 0 Å². The van der Waals surface area contributed by atoms with Gasteiger partial charge >= 0.3 is 0 Å². The summed E-state index contributed by atoms with van der Waals surface area (Å²) in [6, 6.07) is 2.01. The first-order valence-corrected chi connectivity index (χ1v) is 2.68. The Hall–Kier alpha value is 0.254. The van der Waals surface area contributed by atoms with E-state index in [4.69, 9.17) is 0 Å². The zero-order valence-electron chi connectivity index (χ0n) is 5.76. The van der Waals surface area contributed by atoms with Crippen LogP contribution < -0.4 is 0 Å². The first kappa shape index (κ1) is 9.25. The van der Waals surface area contributed by atoms with E-state index in [0.29, 0.717) is 0 Å². The summed E-state index contributed by atoms with van der Waals surface area (Å²) in [6.45, 7) is 4.14. The molecule has 1 aromatic rings. The molecule has 0 bridgehead atoms. The van der Waals surface area contributed by atoms with Gasteiger partial charge in [-0.2, -0.15) is 0 Å². The molecule has 0 N–H and O–H groups in total. The summed E-state index contributed by atoms with van der Waals surface area (Å²) in [5.74, 6) is 0. The molecule has 0 unspecified atom stereocenters. The average molecular weight is 196 g/mol. The summed E-state index contributed by atoms with van der Waals surface area (Å²) in [7, 11) is 0. The van der Waals surface area contributed by atoms with E-state index >= 15 is 0 Å². The molecular weight excluding hydrogens is 187 g/mol. The van der Waals surface area contributed by atoms with Crippen molar-refractivity contribution in [1.82, 2.24) is 4.98 Å². The number of hydrogen-bond donors (Lipinski definition) is 0. The van der Waals surface area contributed by atoms with Crippen LogP contribution in [0.15, 0.2) is 18.5 Å². The Bertz CT molecular complexity index is 165. The molecule has 2 heteroatoms. The van der Waals surface area contributed by atoms with Crippen LogP contribution in [-0.4, -0.2) is 4.98 Å². The van der Waals surface area contributed by atoms with Gasteiger partial charge in [0.25, 0.3) is 0 Å². The first-order chi connectivity index (χ1) is 3.80. The summed E-state index contributed by atoms with van der Waals surface area (Å²) < 4.78 is 0. The Kier molecular flexibility index (Phi) is 4.25. The fraction of sp³-hybridized carbons (Fsp3) is 0.286. The number of rotatable bonds is 0. The Morgan fingerprint density at radius 2 is 1.89 bits per heavy atom. The Morgan fingerprint density at radius 3 is 2.22 bits per heavy atom. The van der Waals surface area contributed by atoms with Crippen LogP contribution in [0.2, 0.25) is 0 Å². The second-order valence-electron chi connectivity index (χ2n) is 1.96. The normalized spacial score (nSPS) is 8.22. The van der Waals surface area contributed by atoms with Crippen LogP contribution in [0.5, 0.6) is 0 Å². The average Bonchev–Trinajstić information content (AvgIpc) is 1.77. The molecule has 1 aromatic heterocycles. The molecule has 0 aliphatic heterocycles. The summed E-state index contributed by atoms with van der Waals surface area (Å²) in [5.41, 5.74) is 2.56. The van der Waals surface area contributed by atoms with Gasteiger partial charge < -0.3 is 0 Å². The summed E-state index contributed by atoms with van der Waals surface area (Å²) >= 11 is 0. The van der Waals surface area contributed by atoms with Gasteiger partial charge in [-0.05, 0) is 31.0 Å². The minimum absolute atomic E-state index is 0. The van der Waals surface area contributed by atoms with Crippen molar-refractivity contribution >= 4 is 0 Å². The van der Waals surface area contributed by atoms with Crippen molar-refractivity contribution in [2.45, 2.75) is 13.8 Å². The molecule has 0 atom stereocenters. The van der Waals surface area contributed by atoms with E-state index in [0.717, 1.165) is 0 Å². The number of aromatic nitrogens is 1. The van der Waals surface area contributed by atoms with Gasteiger partial charge in [-0.1, -0.05) is 0 Å². The van der Waals surface area contributed by atoms with Crippen LogP contribution in [0, 0.1) is 13.8 Å². The maximum atomic E-state index is 3.95. The first-order valence-electron chi connectivity index (χ1n) is 2.68. The van der Waals surface area contributed by atoms with Crippen molar-refractivity contribution in [3.8, 4) is 0 Å². The van der Waals surface area contributed by atoms with Crippen molar-refractivity contribution in [3.05, 3.63) is 29.6 Å². The molecule has 0 saturated heterocycles. The van der Waals surface area contributed by atoms with Crippen molar-refractivity contribution < 1.29 is 32.7 Å². The quantitative estimate of drug-likeness (QED) is 0.615. The zero-order chi connectivity index (χ0) is 5.98. The van der Waals surface area contributed by atoms with Gasteiger partial charge in [-0.15, -0.1) is 0 Å². The van der Waals surface area contributed by atoms with E-state index in [1.54, 1.807) is 0 Å². The third kappa shape index (κ3) is 2.55. The largest absolute Gasteiger partial charge is 0.264 e. The van der Waals surface area contributed by atoms with E-state index in [1.165, 1.54) is 11.1 Å². The smallest absolute Gasteiger partial charge is 0.0299 e. The number of nitrogens with zero attached hydrogens (tertiary/aromatic N) is 1. The predicted molar refractivity (Wildman–Crippen MR) is 33.7 cm³/mol. The topological polar surface area (TPSA) is 12.9 Å². The molecule has 1 nitrogen and oxygen atoms in total. The van der Waals surface area contributed by atoms with E-state index in [1.807, 2.05) is 18.5 Å². The van der Waals surface area contributed by atoms with Gasteiger partial charge in [0.1, 0.15) is 0 Å². The third-order valence-corrected chi connectivity index (χ3v) is 1.30. The summed E-state index contributed by atoms with van der Waals surface area (Å²) in [6.07, 6.45) is 3.68.